The zero-order valence-electron chi connectivity index (χ0n) is 29.7. The van der Waals surface area contributed by atoms with Crippen LogP contribution in [0.3, 0.4) is 0 Å². The molecule has 0 radical (unpaired) electrons. The van der Waals surface area contributed by atoms with E-state index >= 15 is 0 Å². The topological polar surface area (TPSA) is 83.0 Å². The second-order valence-corrected chi connectivity index (χ2v) is 15.3. The van der Waals surface area contributed by atoms with Crippen LogP contribution < -0.4 is 5.62 Å². The van der Waals surface area contributed by atoms with E-state index in [9.17, 15) is 5.41 Å². The van der Waals surface area contributed by atoms with E-state index in [4.69, 9.17) is 14.4 Å². The Morgan fingerprint density at radius 3 is 2.18 bits per heavy atom. The Bertz CT molecular complexity index is 3700. The van der Waals surface area contributed by atoms with E-state index in [2.05, 4.69) is 119 Å². The van der Waals surface area contributed by atoms with Crippen LogP contribution >= 0.6 is 11.3 Å². The molecule has 0 saturated heterocycles. The van der Waals surface area contributed by atoms with Gasteiger partial charge < -0.3 is 14.0 Å². The van der Waals surface area contributed by atoms with Crippen LogP contribution in [0.5, 0.6) is 0 Å². The predicted molar refractivity (Wildman–Crippen MR) is 232 cm³/mol. The highest BCUT2D eigenvalue weighted by Gasteiger charge is 2.22. The number of furan rings is 1. The van der Waals surface area contributed by atoms with Crippen molar-refractivity contribution in [3.63, 3.8) is 0 Å². The van der Waals surface area contributed by atoms with Crippen molar-refractivity contribution in [2.45, 2.75) is 0 Å². The lowest BCUT2D eigenvalue weighted by Gasteiger charge is -2.11. The average Bonchev–Trinajstić information content (AvgIpc) is 3.93. The fraction of sp³-hybridized carbons (Fsp3) is 0. The number of nitrogens with zero attached hydrogens (tertiary/aromatic N) is 3. The fourth-order valence-corrected chi connectivity index (χ4v) is 9.88. The van der Waals surface area contributed by atoms with E-state index in [1.165, 1.54) is 47.2 Å². The number of fused-ring (bicyclic) bond motifs is 14. The lowest BCUT2D eigenvalue weighted by Crippen LogP contribution is -2.17. The summed E-state index contributed by atoms with van der Waals surface area (Å²) in [6, 6.07) is 56.7. The van der Waals surface area contributed by atoms with Gasteiger partial charge >= 0.3 is 0 Å². The number of aromatic amines is 1. The van der Waals surface area contributed by atoms with Gasteiger partial charge in [0.1, 0.15) is 11.2 Å². The molecule has 0 aliphatic heterocycles. The molecule has 6 nitrogen and oxygen atoms in total. The lowest BCUT2D eigenvalue weighted by molar-refractivity contribution is 0.669. The monoisotopic (exact) mass is 735 g/mol. The number of hydrogen-bond acceptors (Lipinski definition) is 4. The first-order chi connectivity index (χ1) is 27.7. The van der Waals surface area contributed by atoms with Crippen molar-refractivity contribution in [2.75, 3.05) is 0 Å². The number of para-hydroxylation sites is 3. The highest BCUT2D eigenvalue weighted by Crippen LogP contribution is 2.47. The van der Waals surface area contributed by atoms with Gasteiger partial charge in [-0.3, -0.25) is 5.41 Å². The van der Waals surface area contributed by atoms with Crippen molar-refractivity contribution in [1.82, 2.24) is 14.5 Å². The van der Waals surface area contributed by atoms with E-state index in [1.54, 1.807) is 0 Å². The van der Waals surface area contributed by atoms with Gasteiger partial charge in [-0.05, 0) is 59.3 Å². The number of hydrogen-bond donors (Lipinski definition) is 2. The third-order valence-corrected chi connectivity index (χ3v) is 12.2. The van der Waals surface area contributed by atoms with Gasteiger partial charge in [0.2, 0.25) is 5.62 Å². The van der Waals surface area contributed by atoms with Crippen molar-refractivity contribution in [2.24, 2.45) is 4.99 Å². The van der Waals surface area contributed by atoms with Crippen molar-refractivity contribution < 1.29 is 4.42 Å². The summed E-state index contributed by atoms with van der Waals surface area (Å²) in [6.07, 6.45) is 0. The molecule has 0 unspecified atom stereocenters. The maximum atomic E-state index is 9.33. The number of benzene rings is 8. The second kappa shape index (κ2) is 11.8. The number of amidine groups is 1. The van der Waals surface area contributed by atoms with Crippen LogP contribution in [0.25, 0.3) is 103 Å². The molecule has 4 aromatic heterocycles. The molecule has 0 saturated carbocycles. The van der Waals surface area contributed by atoms with Gasteiger partial charge in [-0.25, -0.2) is 4.98 Å². The standard InChI is InChI=1S/C49H29N5OS/c50-48(53-49-51-38-20-7-3-17-35(38)45(52-49)28-24-25-32-31-14-5-9-22-40(31)55-41(32)27-28)29-12-11-13-30(26-29)54-39-21-8-4-18-36(39)43-33-15-1-2-16-34(33)44-37-19-6-10-23-42(37)56-47(44)46(43)54/h1-27H,(H2,50,51,52,53). The lowest BCUT2D eigenvalue weighted by atomic mass is 9.99. The van der Waals surface area contributed by atoms with Gasteiger partial charge in [0.05, 0.1) is 26.9 Å². The molecular weight excluding hydrogens is 707 g/mol. The Labute approximate surface area is 322 Å². The average molecular weight is 736 g/mol. The maximum absolute atomic E-state index is 9.33. The molecule has 4 heterocycles. The van der Waals surface area contributed by atoms with Gasteiger partial charge in [0.15, 0.2) is 5.84 Å². The minimum Gasteiger partial charge on any atom is -0.456 e. The minimum absolute atomic E-state index is 0.114. The molecule has 2 N–H and O–H groups in total. The molecular formula is C49H29N5OS. The van der Waals surface area contributed by atoms with Crippen molar-refractivity contribution in [1.29, 1.82) is 5.41 Å². The van der Waals surface area contributed by atoms with E-state index in [0.717, 1.165) is 55.3 Å². The summed E-state index contributed by atoms with van der Waals surface area (Å²) in [5, 5.41) is 19.9. The largest absolute Gasteiger partial charge is 0.456 e. The summed E-state index contributed by atoms with van der Waals surface area (Å²) in [7, 11) is 0. The molecule has 56 heavy (non-hydrogen) atoms. The van der Waals surface area contributed by atoms with E-state index in [1.807, 2.05) is 65.9 Å². The second-order valence-electron chi connectivity index (χ2n) is 14.2. The Balaban J connectivity index is 1.04. The summed E-state index contributed by atoms with van der Waals surface area (Å²) >= 11 is 1.84. The molecule has 0 aliphatic rings. The van der Waals surface area contributed by atoms with Gasteiger partial charge in [0.25, 0.3) is 0 Å². The van der Waals surface area contributed by atoms with E-state index < -0.39 is 0 Å². The minimum atomic E-state index is 0.114. The van der Waals surface area contributed by atoms with Crippen LogP contribution in [0.4, 0.5) is 0 Å². The summed E-state index contributed by atoms with van der Waals surface area (Å²) in [6.45, 7) is 0. The van der Waals surface area contributed by atoms with Gasteiger partial charge in [-0.2, -0.15) is 4.99 Å². The SMILES string of the molecule is N=C(N=c1nc(-c2ccc3c(c2)oc2ccccc23)c2ccccc2[nH]1)c1cccc(-n2c3ccccc3c3c4ccccc4c4c5ccccc5sc4c32)c1. The van der Waals surface area contributed by atoms with E-state index in [-0.39, 0.29) is 5.84 Å². The van der Waals surface area contributed by atoms with Gasteiger partial charge in [-0.1, -0.05) is 115 Å². The highest BCUT2D eigenvalue weighted by atomic mass is 32.1. The zero-order valence-corrected chi connectivity index (χ0v) is 30.6. The normalized spacial score (nSPS) is 12.5. The van der Waals surface area contributed by atoms with Crippen LogP contribution in [-0.4, -0.2) is 20.4 Å². The summed E-state index contributed by atoms with van der Waals surface area (Å²) < 4.78 is 11.1. The Kier molecular flexibility index (Phi) is 6.55. The molecule has 0 aliphatic carbocycles. The van der Waals surface area contributed by atoms with Crippen LogP contribution in [0.15, 0.2) is 173 Å². The van der Waals surface area contributed by atoms with Gasteiger partial charge in [0, 0.05) is 59.2 Å². The number of H-pyrrole nitrogens is 1. The molecule has 0 atom stereocenters. The van der Waals surface area contributed by atoms with Crippen molar-refractivity contribution >= 4 is 103 Å². The number of thiophene rings is 1. The predicted octanol–water partition coefficient (Wildman–Crippen LogP) is 12.7. The summed E-state index contributed by atoms with van der Waals surface area (Å²) in [4.78, 5) is 13.2. The molecule has 0 spiro atoms. The summed E-state index contributed by atoms with van der Waals surface area (Å²) in [5.74, 6) is 0.114. The molecule has 262 valence electrons. The first-order valence-corrected chi connectivity index (χ1v) is 19.4. The number of rotatable bonds is 3. The molecule has 0 bridgehead atoms. The van der Waals surface area contributed by atoms with Gasteiger partial charge in [-0.15, -0.1) is 11.3 Å². The molecule has 0 fully saturated rings. The molecule has 8 aromatic carbocycles. The van der Waals surface area contributed by atoms with Crippen LogP contribution in [0.2, 0.25) is 0 Å². The smallest absolute Gasteiger partial charge is 0.229 e. The Morgan fingerprint density at radius 1 is 0.607 bits per heavy atom. The Morgan fingerprint density at radius 2 is 1.30 bits per heavy atom. The first kappa shape index (κ1) is 31.0. The first-order valence-electron chi connectivity index (χ1n) is 18.6. The van der Waals surface area contributed by atoms with Crippen LogP contribution in [0, 0.1) is 5.41 Å². The van der Waals surface area contributed by atoms with Crippen LogP contribution in [0.1, 0.15) is 5.56 Å². The highest BCUT2D eigenvalue weighted by molar-refractivity contribution is 7.27. The number of aromatic nitrogens is 3. The van der Waals surface area contributed by atoms with Crippen molar-refractivity contribution in [3.05, 3.63) is 175 Å². The number of nitrogens with one attached hydrogen (secondary N) is 2. The third kappa shape index (κ3) is 4.52. The molecule has 0 amide bonds. The van der Waals surface area contributed by atoms with Crippen molar-refractivity contribution in [3.8, 4) is 16.9 Å². The zero-order chi connectivity index (χ0) is 36.9. The summed E-state index contributed by atoms with van der Waals surface area (Å²) in [5.41, 5.74) is 8.54. The molecule has 12 aromatic rings. The van der Waals surface area contributed by atoms with Crippen LogP contribution in [-0.2, 0) is 0 Å². The fourth-order valence-electron chi connectivity index (χ4n) is 8.62. The Hall–Kier alpha value is -7.35. The maximum Gasteiger partial charge on any atom is 0.229 e. The quantitative estimate of drug-likeness (QED) is 0.140. The molecule has 7 heteroatoms. The van der Waals surface area contributed by atoms with E-state index in [0.29, 0.717) is 11.2 Å². The molecule has 12 rings (SSSR count). The third-order valence-electron chi connectivity index (χ3n) is 11.0.